The molecule has 0 saturated heterocycles. The molecular weight excluding hydrogens is 404 g/mol. The highest BCUT2D eigenvalue weighted by Crippen LogP contribution is 2.44. The van der Waals surface area contributed by atoms with Gasteiger partial charge >= 0.3 is 0 Å². The average molecular weight is 427 g/mol. The lowest BCUT2D eigenvalue weighted by Gasteiger charge is -2.30. The minimum atomic E-state index is -0.592. The van der Waals surface area contributed by atoms with Gasteiger partial charge in [-0.15, -0.1) is 21.5 Å². The van der Waals surface area contributed by atoms with Crippen LogP contribution in [-0.4, -0.2) is 26.8 Å². The highest BCUT2D eigenvalue weighted by atomic mass is 32.2. The number of ether oxygens (including phenoxy) is 1. The van der Waals surface area contributed by atoms with Crippen LogP contribution in [0.2, 0.25) is 0 Å². The van der Waals surface area contributed by atoms with Crippen molar-refractivity contribution in [3.63, 3.8) is 0 Å². The summed E-state index contributed by atoms with van der Waals surface area (Å²) in [6, 6.07) is 9.75. The minimum absolute atomic E-state index is 0.0170. The molecule has 2 aromatic heterocycles. The summed E-state index contributed by atoms with van der Waals surface area (Å²) in [6.07, 6.45) is 0.793. The molecule has 0 aliphatic carbocycles. The Morgan fingerprint density at radius 3 is 2.79 bits per heavy atom. The summed E-state index contributed by atoms with van der Waals surface area (Å²) in [7, 11) is 0. The molecule has 1 amide bonds. The molecule has 3 heterocycles. The van der Waals surface area contributed by atoms with Crippen molar-refractivity contribution in [3.8, 4) is 17.1 Å². The first-order valence-electron chi connectivity index (χ1n) is 9.63. The van der Waals surface area contributed by atoms with E-state index in [0.29, 0.717) is 23.2 Å². The summed E-state index contributed by atoms with van der Waals surface area (Å²) in [6.45, 7) is 6.00. The Morgan fingerprint density at radius 2 is 2.07 bits per heavy atom. The maximum Gasteiger partial charge on any atom is 0.247 e. The lowest BCUT2D eigenvalue weighted by Crippen LogP contribution is -2.37. The Morgan fingerprint density at radius 1 is 1.24 bits per heavy atom. The Bertz CT molecular complexity index is 1040. The zero-order valence-corrected chi connectivity index (χ0v) is 18.2. The molecule has 1 aliphatic heterocycles. The van der Waals surface area contributed by atoms with Gasteiger partial charge in [0.05, 0.1) is 10.6 Å². The Kier molecular flexibility index (Phi) is 5.82. The largest absolute Gasteiger partial charge is 0.446 e. The number of nitrogens with zero attached hydrogens (tertiary/aromatic N) is 4. The van der Waals surface area contributed by atoms with Crippen LogP contribution < -0.4 is 9.64 Å². The Balaban J connectivity index is 1.91. The summed E-state index contributed by atoms with van der Waals surface area (Å²) >= 11 is 3.13. The molecule has 8 heteroatoms. The van der Waals surface area contributed by atoms with Gasteiger partial charge in [-0.3, -0.25) is 9.69 Å². The molecule has 150 valence electrons. The number of para-hydroxylation sites is 1. The fourth-order valence-electron chi connectivity index (χ4n) is 3.22. The van der Waals surface area contributed by atoms with Gasteiger partial charge in [0.15, 0.2) is 5.69 Å². The number of hydrogen-bond acceptors (Lipinski definition) is 7. The minimum Gasteiger partial charge on any atom is -0.446 e. The number of fused-ring (bicyclic) bond motifs is 3. The molecule has 29 heavy (non-hydrogen) atoms. The van der Waals surface area contributed by atoms with Crippen molar-refractivity contribution in [2.45, 2.75) is 45.0 Å². The second-order valence-corrected chi connectivity index (χ2v) is 8.68. The van der Waals surface area contributed by atoms with E-state index >= 15 is 0 Å². The highest BCUT2D eigenvalue weighted by molar-refractivity contribution is 7.99. The van der Waals surface area contributed by atoms with E-state index in [1.807, 2.05) is 49.6 Å². The molecule has 0 N–H and O–H groups in total. The van der Waals surface area contributed by atoms with Crippen LogP contribution in [0.25, 0.3) is 11.3 Å². The molecule has 0 fully saturated rings. The molecular formula is C21H22N4O2S2. The van der Waals surface area contributed by atoms with Crippen molar-refractivity contribution >= 4 is 34.7 Å². The molecule has 0 bridgehead atoms. The summed E-state index contributed by atoms with van der Waals surface area (Å²) < 4.78 is 6.41. The van der Waals surface area contributed by atoms with Gasteiger partial charge in [-0.05, 0) is 36.4 Å². The third-order valence-corrected chi connectivity index (χ3v) is 6.74. The number of carbonyl (C=O) groups is 1. The van der Waals surface area contributed by atoms with Crippen molar-refractivity contribution < 1.29 is 9.53 Å². The van der Waals surface area contributed by atoms with Gasteiger partial charge in [-0.1, -0.05) is 43.8 Å². The summed E-state index contributed by atoms with van der Waals surface area (Å²) in [5.74, 6) is 1.30. The molecule has 3 aromatic rings. The molecule has 1 atom stereocenters. The normalized spacial score (nSPS) is 15.3. The predicted molar refractivity (Wildman–Crippen MR) is 116 cm³/mol. The molecule has 0 spiro atoms. The number of amides is 1. The SMILES string of the molecule is CCCSc1nnc2c(n1)O[C@@H](c1sccc1C)N(C(=O)CC)c1ccccc1-2. The molecule has 1 aliphatic rings. The van der Waals surface area contributed by atoms with Gasteiger partial charge < -0.3 is 4.74 Å². The zero-order chi connectivity index (χ0) is 20.4. The first-order chi connectivity index (χ1) is 14.1. The van der Waals surface area contributed by atoms with Crippen molar-refractivity contribution in [2.24, 2.45) is 0 Å². The van der Waals surface area contributed by atoms with Gasteiger partial charge in [0.25, 0.3) is 0 Å². The Hall–Kier alpha value is -2.45. The smallest absolute Gasteiger partial charge is 0.247 e. The number of hydrogen-bond donors (Lipinski definition) is 0. The molecule has 1 aromatic carbocycles. The molecule has 6 nitrogen and oxygen atoms in total. The number of benzene rings is 1. The van der Waals surface area contributed by atoms with Crippen LogP contribution in [-0.2, 0) is 4.79 Å². The van der Waals surface area contributed by atoms with E-state index in [1.165, 1.54) is 0 Å². The maximum atomic E-state index is 13.0. The lowest BCUT2D eigenvalue weighted by atomic mass is 10.1. The number of aryl methyl sites for hydroxylation is 1. The van der Waals surface area contributed by atoms with E-state index in [-0.39, 0.29) is 5.91 Å². The zero-order valence-electron chi connectivity index (χ0n) is 16.6. The first kappa shape index (κ1) is 19.8. The second-order valence-electron chi connectivity index (χ2n) is 6.67. The molecule has 0 saturated carbocycles. The van der Waals surface area contributed by atoms with Gasteiger partial charge in [0.1, 0.15) is 0 Å². The molecule has 0 radical (unpaired) electrons. The van der Waals surface area contributed by atoms with Crippen LogP contribution in [0.15, 0.2) is 40.9 Å². The number of carbonyl (C=O) groups excluding carboxylic acids is 1. The van der Waals surface area contributed by atoms with E-state index in [0.717, 1.165) is 33.9 Å². The molecule has 4 rings (SSSR count). The highest BCUT2D eigenvalue weighted by Gasteiger charge is 2.36. The van der Waals surface area contributed by atoms with Crippen LogP contribution in [0.5, 0.6) is 5.88 Å². The number of rotatable bonds is 5. The Labute approximate surface area is 178 Å². The van der Waals surface area contributed by atoms with Crippen molar-refractivity contribution in [3.05, 3.63) is 46.2 Å². The predicted octanol–water partition coefficient (Wildman–Crippen LogP) is 5.24. The first-order valence-corrected chi connectivity index (χ1v) is 11.5. The summed E-state index contributed by atoms with van der Waals surface area (Å²) in [4.78, 5) is 20.4. The van der Waals surface area contributed by atoms with Crippen LogP contribution in [0.4, 0.5) is 5.69 Å². The van der Waals surface area contributed by atoms with Crippen molar-refractivity contribution in [1.29, 1.82) is 0 Å². The van der Waals surface area contributed by atoms with Gasteiger partial charge in [0.2, 0.25) is 23.2 Å². The quantitative estimate of drug-likeness (QED) is 0.520. The van der Waals surface area contributed by atoms with Gasteiger partial charge in [-0.25, -0.2) is 0 Å². The van der Waals surface area contributed by atoms with Crippen LogP contribution in [0.1, 0.15) is 43.4 Å². The third-order valence-electron chi connectivity index (χ3n) is 4.64. The standard InChI is InChI=1S/C21H22N4O2S2/c1-4-11-29-21-22-19-17(23-24-21)14-8-6-7-9-15(14)25(16(26)5-2)20(27-19)18-13(3)10-12-28-18/h6-10,12,20H,4-5,11H2,1-3H3/t20-/m0/s1. The number of aromatic nitrogens is 3. The van der Waals surface area contributed by atoms with Gasteiger partial charge in [-0.2, -0.15) is 4.98 Å². The second kappa shape index (κ2) is 8.51. The number of anilines is 1. The number of thiophene rings is 1. The lowest BCUT2D eigenvalue weighted by molar-refractivity contribution is -0.120. The van der Waals surface area contributed by atoms with E-state index < -0.39 is 6.23 Å². The fraction of sp³-hybridized carbons (Fsp3) is 0.333. The van der Waals surface area contributed by atoms with Crippen LogP contribution in [0, 0.1) is 6.92 Å². The van der Waals surface area contributed by atoms with Crippen molar-refractivity contribution in [1.82, 2.24) is 15.2 Å². The van der Waals surface area contributed by atoms with Gasteiger partial charge in [0, 0.05) is 17.7 Å². The topological polar surface area (TPSA) is 68.2 Å². The van der Waals surface area contributed by atoms with Crippen molar-refractivity contribution in [2.75, 3.05) is 10.7 Å². The summed E-state index contributed by atoms with van der Waals surface area (Å²) in [5, 5.41) is 11.3. The van der Waals surface area contributed by atoms with E-state index in [4.69, 9.17) is 4.74 Å². The summed E-state index contributed by atoms with van der Waals surface area (Å²) in [5.41, 5.74) is 3.21. The van der Waals surface area contributed by atoms with E-state index in [1.54, 1.807) is 28.0 Å². The third kappa shape index (κ3) is 3.74. The maximum absolute atomic E-state index is 13.0. The average Bonchev–Trinajstić information content (AvgIpc) is 3.11. The van der Waals surface area contributed by atoms with Crippen LogP contribution in [0.3, 0.4) is 0 Å². The van der Waals surface area contributed by atoms with E-state index in [2.05, 4.69) is 22.1 Å². The number of thioether (sulfide) groups is 1. The monoisotopic (exact) mass is 426 g/mol. The molecule has 0 unspecified atom stereocenters. The van der Waals surface area contributed by atoms with Crippen LogP contribution >= 0.6 is 23.1 Å². The van der Waals surface area contributed by atoms with E-state index in [9.17, 15) is 4.79 Å². The fourth-order valence-corrected chi connectivity index (χ4v) is 4.79.